The van der Waals surface area contributed by atoms with E-state index in [4.69, 9.17) is 0 Å². The van der Waals surface area contributed by atoms with E-state index >= 15 is 0 Å². The van der Waals surface area contributed by atoms with Crippen LogP contribution < -0.4 is 5.32 Å². The first-order chi connectivity index (χ1) is 17.7. The second-order valence-corrected chi connectivity index (χ2v) is 14.2. The Morgan fingerprint density at radius 3 is 1.29 bits per heavy atom. The van der Waals surface area contributed by atoms with Crippen molar-refractivity contribution in [3.63, 3.8) is 0 Å². The summed E-state index contributed by atoms with van der Waals surface area (Å²) in [6.45, 7) is 20.5. The van der Waals surface area contributed by atoms with Crippen LogP contribution in [-0.2, 0) is 16.2 Å². The molecular formula is C36H40N2. The van der Waals surface area contributed by atoms with Crippen molar-refractivity contribution in [2.24, 2.45) is 0 Å². The Hall–Kier alpha value is -3.52. The number of rotatable bonds is 2. The largest absolute Gasteiger partial charge is 0.355 e. The molecule has 0 amide bonds. The molecule has 6 rings (SSSR count). The normalized spacial score (nSPS) is 13.4. The summed E-state index contributed by atoms with van der Waals surface area (Å²) < 4.78 is 2.48. The van der Waals surface area contributed by atoms with Crippen LogP contribution in [0.2, 0.25) is 0 Å². The van der Waals surface area contributed by atoms with Crippen molar-refractivity contribution in [1.82, 2.24) is 4.40 Å². The fourth-order valence-electron chi connectivity index (χ4n) is 5.78. The van der Waals surface area contributed by atoms with Gasteiger partial charge in [0.25, 0.3) is 0 Å². The van der Waals surface area contributed by atoms with Gasteiger partial charge in [0.05, 0.1) is 16.6 Å². The average Bonchev–Trinajstić information content (AvgIpc) is 3.33. The summed E-state index contributed by atoms with van der Waals surface area (Å²) in [5.41, 5.74) is 10.5. The number of nitrogens with one attached hydrogen (secondary N) is 1. The third-order valence-electron chi connectivity index (χ3n) is 8.16. The lowest BCUT2D eigenvalue weighted by atomic mass is 9.86. The molecule has 0 aliphatic rings. The molecule has 0 unspecified atom stereocenters. The van der Waals surface area contributed by atoms with E-state index in [1.807, 2.05) is 0 Å². The fourth-order valence-corrected chi connectivity index (χ4v) is 5.78. The maximum atomic E-state index is 3.74. The number of anilines is 2. The van der Waals surface area contributed by atoms with Gasteiger partial charge in [-0.2, -0.15) is 0 Å². The lowest BCUT2D eigenvalue weighted by molar-refractivity contribution is 0.590. The van der Waals surface area contributed by atoms with Crippen molar-refractivity contribution in [3.8, 4) is 0 Å². The van der Waals surface area contributed by atoms with Crippen molar-refractivity contribution < 1.29 is 0 Å². The number of hydrogen-bond acceptors (Lipinski definition) is 1. The van der Waals surface area contributed by atoms with Gasteiger partial charge in [0.2, 0.25) is 0 Å². The highest BCUT2D eigenvalue weighted by atomic mass is 14.9. The monoisotopic (exact) mass is 500 g/mol. The van der Waals surface area contributed by atoms with Crippen molar-refractivity contribution >= 4 is 49.5 Å². The Morgan fingerprint density at radius 2 is 0.868 bits per heavy atom. The summed E-state index contributed by atoms with van der Waals surface area (Å²) in [7, 11) is 0. The van der Waals surface area contributed by atoms with Crippen LogP contribution in [0.25, 0.3) is 38.1 Å². The summed E-state index contributed by atoms with van der Waals surface area (Å²) in [5.74, 6) is 0. The molecule has 38 heavy (non-hydrogen) atoms. The van der Waals surface area contributed by atoms with E-state index < -0.39 is 0 Å². The minimum Gasteiger partial charge on any atom is -0.355 e. The van der Waals surface area contributed by atoms with Gasteiger partial charge in [-0.25, -0.2) is 0 Å². The molecule has 0 fully saturated rings. The highest BCUT2D eigenvalue weighted by Crippen LogP contribution is 2.43. The van der Waals surface area contributed by atoms with E-state index in [-0.39, 0.29) is 16.2 Å². The first-order valence-corrected chi connectivity index (χ1v) is 13.9. The van der Waals surface area contributed by atoms with Gasteiger partial charge < -0.3 is 9.72 Å². The van der Waals surface area contributed by atoms with Crippen molar-refractivity contribution in [2.45, 2.75) is 78.6 Å². The Kier molecular flexibility index (Phi) is 5.21. The van der Waals surface area contributed by atoms with E-state index in [9.17, 15) is 0 Å². The SMILES string of the molecule is CC(C)(C)c1ccc(Nc2cc3c4cc(C(C)(C)C)ccc4n4c5ccc(C(C)(C)C)cc5c(c2)c34)cc1. The molecule has 2 heteroatoms. The van der Waals surface area contributed by atoms with Crippen molar-refractivity contribution in [1.29, 1.82) is 0 Å². The summed E-state index contributed by atoms with van der Waals surface area (Å²) in [6, 6.07) is 27.7. The Bertz CT molecular complexity index is 1710. The van der Waals surface area contributed by atoms with Gasteiger partial charge in [0.1, 0.15) is 0 Å². The third kappa shape index (κ3) is 3.93. The second kappa shape index (κ2) is 7.99. The quantitative estimate of drug-likeness (QED) is 0.250. The van der Waals surface area contributed by atoms with E-state index in [2.05, 4.69) is 145 Å². The van der Waals surface area contributed by atoms with Gasteiger partial charge in [-0.3, -0.25) is 0 Å². The summed E-state index contributed by atoms with van der Waals surface area (Å²) in [4.78, 5) is 0. The van der Waals surface area contributed by atoms with Crippen LogP contribution in [0.3, 0.4) is 0 Å². The van der Waals surface area contributed by atoms with Gasteiger partial charge in [-0.15, -0.1) is 0 Å². The van der Waals surface area contributed by atoms with E-state index in [0.717, 1.165) is 11.4 Å². The first-order valence-electron chi connectivity index (χ1n) is 13.9. The topological polar surface area (TPSA) is 16.4 Å². The van der Waals surface area contributed by atoms with Gasteiger partial charge in [0, 0.05) is 32.9 Å². The smallest absolute Gasteiger partial charge is 0.0622 e. The third-order valence-corrected chi connectivity index (χ3v) is 8.16. The Labute approximate surface area is 227 Å². The minimum atomic E-state index is 0.0970. The van der Waals surface area contributed by atoms with Crippen molar-refractivity contribution in [2.75, 3.05) is 5.32 Å². The van der Waals surface area contributed by atoms with Gasteiger partial charge in [-0.05, 0) is 81.5 Å². The van der Waals surface area contributed by atoms with Crippen LogP contribution in [0.4, 0.5) is 11.4 Å². The predicted molar refractivity (Wildman–Crippen MR) is 167 cm³/mol. The summed E-state index contributed by atoms with van der Waals surface area (Å²) >= 11 is 0. The van der Waals surface area contributed by atoms with Crippen LogP contribution in [-0.4, -0.2) is 4.40 Å². The average molecular weight is 501 g/mol. The lowest BCUT2D eigenvalue weighted by Gasteiger charge is -2.20. The van der Waals surface area contributed by atoms with Gasteiger partial charge >= 0.3 is 0 Å². The summed E-state index contributed by atoms with van der Waals surface area (Å²) in [6.07, 6.45) is 0. The molecule has 0 spiro atoms. The molecule has 2 heterocycles. The number of hydrogen-bond donors (Lipinski definition) is 1. The van der Waals surface area contributed by atoms with E-state index in [1.165, 1.54) is 54.8 Å². The van der Waals surface area contributed by atoms with E-state index in [0.29, 0.717) is 0 Å². The molecule has 2 aromatic heterocycles. The fraction of sp³-hybridized carbons (Fsp3) is 0.333. The van der Waals surface area contributed by atoms with Crippen LogP contribution >= 0.6 is 0 Å². The molecule has 0 aliphatic carbocycles. The van der Waals surface area contributed by atoms with Crippen LogP contribution in [0.15, 0.2) is 72.8 Å². The molecule has 0 saturated carbocycles. The molecule has 0 bridgehead atoms. The highest BCUT2D eigenvalue weighted by Gasteiger charge is 2.23. The van der Waals surface area contributed by atoms with Crippen molar-refractivity contribution in [3.05, 3.63) is 89.5 Å². The molecular weight excluding hydrogens is 460 g/mol. The van der Waals surface area contributed by atoms with Gasteiger partial charge in [-0.1, -0.05) is 86.6 Å². The first kappa shape index (κ1) is 24.8. The standard InChI is InChI=1S/C36H40N2/c1-34(2,3)22-10-14-25(15-11-22)37-26-20-29-27-18-23(35(4,5)6)12-16-31(27)38-32-17-13-24(36(7,8)9)19-28(32)30(21-26)33(29)38/h10-21,37H,1-9H3. The molecule has 2 nitrogen and oxygen atoms in total. The number of nitrogens with zero attached hydrogens (tertiary/aromatic N) is 1. The van der Waals surface area contributed by atoms with Crippen LogP contribution in [0.1, 0.15) is 79.0 Å². The minimum absolute atomic E-state index is 0.0970. The highest BCUT2D eigenvalue weighted by molar-refractivity contribution is 6.24. The Balaban J connectivity index is 1.63. The lowest BCUT2D eigenvalue weighted by Crippen LogP contribution is -2.10. The zero-order valence-corrected chi connectivity index (χ0v) is 24.4. The van der Waals surface area contributed by atoms with E-state index in [1.54, 1.807) is 0 Å². The molecule has 194 valence electrons. The predicted octanol–water partition coefficient (Wildman–Crippen LogP) is 10.5. The van der Waals surface area contributed by atoms with Crippen LogP contribution in [0.5, 0.6) is 0 Å². The molecule has 0 atom stereocenters. The molecule has 0 radical (unpaired) electrons. The zero-order chi connectivity index (χ0) is 27.2. The molecule has 6 aromatic rings. The number of benzene rings is 4. The molecule has 0 aliphatic heterocycles. The Morgan fingerprint density at radius 1 is 0.447 bits per heavy atom. The molecule has 1 N–H and O–H groups in total. The maximum Gasteiger partial charge on any atom is 0.0622 e. The second-order valence-electron chi connectivity index (χ2n) is 14.2. The molecule has 4 aromatic carbocycles. The van der Waals surface area contributed by atoms with Gasteiger partial charge in [0.15, 0.2) is 0 Å². The zero-order valence-electron chi connectivity index (χ0n) is 24.4. The number of aromatic nitrogens is 1. The number of fused-ring (bicyclic) bond motifs is 6. The summed E-state index contributed by atoms with van der Waals surface area (Å²) in [5, 5.41) is 9.01. The van der Waals surface area contributed by atoms with Crippen LogP contribution in [0, 0.1) is 0 Å². The maximum absolute atomic E-state index is 3.74. The molecule has 0 saturated heterocycles.